The molecule has 2 rings (SSSR count). The number of nitrogens with one attached hydrogen (secondary N) is 1. The highest BCUT2D eigenvalue weighted by Crippen LogP contribution is 2.38. The van der Waals surface area contributed by atoms with E-state index in [4.69, 9.17) is 42.1 Å². The first-order valence-corrected chi connectivity index (χ1v) is 9.11. The van der Waals surface area contributed by atoms with Crippen molar-refractivity contribution < 1.29 is 28.5 Å². The molecule has 1 aromatic carbocycles. The molecule has 1 N–H and O–H groups in total. The quantitative estimate of drug-likeness (QED) is 0.625. The fraction of sp³-hybridized carbons (Fsp3) is 0.316. The minimum absolute atomic E-state index is 0.0942. The van der Waals surface area contributed by atoms with E-state index in [0.29, 0.717) is 33.5 Å². The van der Waals surface area contributed by atoms with E-state index in [2.05, 4.69) is 10.3 Å². The largest absolute Gasteiger partial charge is 0.493 e. The van der Waals surface area contributed by atoms with Crippen molar-refractivity contribution in [2.75, 3.05) is 33.3 Å². The van der Waals surface area contributed by atoms with Crippen LogP contribution in [0.4, 0.5) is 5.82 Å². The summed E-state index contributed by atoms with van der Waals surface area (Å²) in [7, 11) is 4.43. The van der Waals surface area contributed by atoms with Gasteiger partial charge in [0.05, 0.1) is 43.5 Å². The van der Waals surface area contributed by atoms with E-state index in [-0.39, 0.29) is 17.3 Å². The second-order valence-corrected chi connectivity index (χ2v) is 6.62. The summed E-state index contributed by atoms with van der Waals surface area (Å²) in [5.74, 6) is 0.172. The van der Waals surface area contributed by atoms with Crippen LogP contribution in [0.3, 0.4) is 0 Å². The van der Waals surface area contributed by atoms with Crippen molar-refractivity contribution in [2.45, 2.75) is 13.3 Å². The number of ether oxygens (including phenoxy) is 4. The van der Waals surface area contributed by atoms with Crippen molar-refractivity contribution in [3.05, 3.63) is 39.5 Å². The number of carbonyl (C=O) groups is 2. The Bertz CT molecular complexity index is 895. The Labute approximate surface area is 178 Å². The van der Waals surface area contributed by atoms with E-state index in [1.54, 1.807) is 19.1 Å². The van der Waals surface area contributed by atoms with Gasteiger partial charge < -0.3 is 24.3 Å². The highest BCUT2D eigenvalue weighted by Gasteiger charge is 2.17. The Kier molecular flexibility index (Phi) is 7.92. The van der Waals surface area contributed by atoms with Crippen LogP contribution in [-0.2, 0) is 20.7 Å². The molecule has 0 aliphatic rings. The molecule has 0 saturated carbocycles. The highest BCUT2D eigenvalue weighted by molar-refractivity contribution is 6.36. The van der Waals surface area contributed by atoms with E-state index in [1.165, 1.54) is 27.4 Å². The number of hydrogen-bond donors (Lipinski definition) is 1. The molecule has 0 spiro atoms. The van der Waals surface area contributed by atoms with Gasteiger partial charge in [-0.15, -0.1) is 0 Å². The Morgan fingerprint density at radius 2 is 1.62 bits per heavy atom. The van der Waals surface area contributed by atoms with Crippen LogP contribution in [0.15, 0.2) is 18.2 Å². The van der Waals surface area contributed by atoms with Crippen molar-refractivity contribution in [1.82, 2.24) is 4.98 Å². The van der Waals surface area contributed by atoms with Gasteiger partial charge in [-0.2, -0.15) is 0 Å². The Morgan fingerprint density at radius 1 is 1.00 bits per heavy atom. The van der Waals surface area contributed by atoms with Gasteiger partial charge in [-0.1, -0.05) is 23.2 Å². The molecule has 1 heterocycles. The number of rotatable bonds is 8. The molecule has 1 amide bonds. The molecule has 156 valence electrons. The number of methoxy groups -OCH3 is 3. The third-order valence-corrected chi connectivity index (χ3v) is 4.47. The van der Waals surface area contributed by atoms with Crippen LogP contribution in [0.2, 0.25) is 10.0 Å². The topological polar surface area (TPSA) is 96.0 Å². The number of pyridine rings is 1. The number of anilines is 1. The third kappa shape index (κ3) is 5.88. The first-order chi connectivity index (χ1) is 13.8. The fourth-order valence-electron chi connectivity index (χ4n) is 2.42. The molecule has 0 fully saturated rings. The number of benzene rings is 1. The molecule has 0 bridgehead atoms. The van der Waals surface area contributed by atoms with Gasteiger partial charge in [0, 0.05) is 0 Å². The maximum atomic E-state index is 12.1. The number of esters is 1. The number of amides is 1. The van der Waals surface area contributed by atoms with Crippen molar-refractivity contribution in [1.29, 1.82) is 0 Å². The molecule has 0 saturated heterocycles. The normalized spacial score (nSPS) is 10.3. The summed E-state index contributed by atoms with van der Waals surface area (Å²) in [4.78, 5) is 28.2. The van der Waals surface area contributed by atoms with E-state index >= 15 is 0 Å². The number of aryl methyl sites for hydroxylation is 1. The minimum Gasteiger partial charge on any atom is -0.493 e. The lowest BCUT2D eigenvalue weighted by molar-refractivity contribution is -0.146. The zero-order chi connectivity index (χ0) is 21.6. The van der Waals surface area contributed by atoms with Crippen LogP contribution >= 0.6 is 23.2 Å². The second kappa shape index (κ2) is 10.2. The second-order valence-electron chi connectivity index (χ2n) is 5.81. The summed E-state index contributed by atoms with van der Waals surface area (Å²) < 4.78 is 20.7. The lowest BCUT2D eigenvalue weighted by Crippen LogP contribution is -2.22. The smallest absolute Gasteiger partial charge is 0.310 e. The Balaban J connectivity index is 1.98. The fourth-order valence-corrected chi connectivity index (χ4v) is 2.82. The lowest BCUT2D eigenvalue weighted by atomic mass is 10.1. The Morgan fingerprint density at radius 3 is 2.17 bits per heavy atom. The van der Waals surface area contributed by atoms with Gasteiger partial charge in [-0.3, -0.25) is 9.59 Å². The number of halogens is 2. The molecule has 0 aliphatic heterocycles. The number of hydrogen-bond acceptors (Lipinski definition) is 7. The van der Waals surface area contributed by atoms with E-state index in [1.807, 2.05) is 0 Å². The minimum atomic E-state index is -0.610. The average Bonchev–Trinajstić information content (AvgIpc) is 2.69. The van der Waals surface area contributed by atoms with Gasteiger partial charge in [-0.05, 0) is 30.7 Å². The van der Waals surface area contributed by atoms with Crippen LogP contribution in [-0.4, -0.2) is 44.8 Å². The Hall–Kier alpha value is -2.71. The number of carbonyl (C=O) groups excluding carboxylic acids is 2. The standard InChI is InChI=1S/C19H20Cl2N2O6/c1-10-12(20)8-13(21)19(22-10)23-16(24)9-29-17(25)7-11-5-14(26-2)18(28-4)15(6-11)27-3/h5-6,8H,7,9H2,1-4H3,(H,22,23,24). The number of nitrogens with zero attached hydrogens (tertiary/aromatic N) is 1. The summed E-state index contributed by atoms with van der Waals surface area (Å²) in [5, 5.41) is 3.03. The van der Waals surface area contributed by atoms with E-state index in [0.717, 1.165) is 0 Å². The van der Waals surface area contributed by atoms with Gasteiger partial charge >= 0.3 is 5.97 Å². The zero-order valence-electron chi connectivity index (χ0n) is 16.3. The lowest BCUT2D eigenvalue weighted by Gasteiger charge is -2.14. The van der Waals surface area contributed by atoms with Gasteiger partial charge in [0.15, 0.2) is 23.9 Å². The van der Waals surface area contributed by atoms with E-state index < -0.39 is 18.5 Å². The molecular weight excluding hydrogens is 423 g/mol. The van der Waals surface area contributed by atoms with Crippen LogP contribution in [0, 0.1) is 6.92 Å². The zero-order valence-corrected chi connectivity index (χ0v) is 17.8. The van der Waals surface area contributed by atoms with Gasteiger partial charge in [-0.25, -0.2) is 4.98 Å². The number of aromatic nitrogens is 1. The molecule has 29 heavy (non-hydrogen) atoms. The average molecular weight is 443 g/mol. The van der Waals surface area contributed by atoms with Crippen molar-refractivity contribution >= 4 is 40.9 Å². The molecule has 0 radical (unpaired) electrons. The molecular formula is C19H20Cl2N2O6. The van der Waals surface area contributed by atoms with Crippen molar-refractivity contribution in [3.63, 3.8) is 0 Å². The first-order valence-electron chi connectivity index (χ1n) is 8.36. The van der Waals surface area contributed by atoms with Gasteiger partial charge in [0.25, 0.3) is 5.91 Å². The van der Waals surface area contributed by atoms with Gasteiger partial charge in [0.1, 0.15) is 0 Å². The maximum absolute atomic E-state index is 12.1. The summed E-state index contributed by atoms with van der Waals surface area (Å²) in [6.07, 6.45) is -0.0942. The molecule has 1 aromatic heterocycles. The maximum Gasteiger partial charge on any atom is 0.310 e. The van der Waals surface area contributed by atoms with Crippen LogP contribution in [0.25, 0.3) is 0 Å². The van der Waals surface area contributed by atoms with Crippen molar-refractivity contribution in [3.8, 4) is 17.2 Å². The third-order valence-electron chi connectivity index (χ3n) is 3.80. The molecule has 0 atom stereocenters. The molecule has 2 aromatic rings. The summed E-state index contributed by atoms with van der Waals surface area (Å²) >= 11 is 11.9. The summed E-state index contributed by atoms with van der Waals surface area (Å²) in [5.41, 5.74) is 1.08. The molecule has 0 aliphatic carbocycles. The van der Waals surface area contributed by atoms with Crippen molar-refractivity contribution in [2.24, 2.45) is 0 Å². The predicted octanol–water partition coefficient (Wildman–Crippen LogP) is 3.45. The molecule has 8 nitrogen and oxygen atoms in total. The predicted molar refractivity (Wildman–Crippen MR) is 108 cm³/mol. The highest BCUT2D eigenvalue weighted by atomic mass is 35.5. The summed E-state index contributed by atoms with van der Waals surface area (Å²) in [6.45, 7) is 1.18. The van der Waals surface area contributed by atoms with Crippen LogP contribution in [0.1, 0.15) is 11.3 Å². The SMILES string of the molecule is COc1cc(CC(=O)OCC(=O)Nc2nc(C)c(Cl)cc2Cl)cc(OC)c1OC. The van der Waals surface area contributed by atoms with E-state index in [9.17, 15) is 9.59 Å². The van der Waals surface area contributed by atoms with Crippen LogP contribution in [0.5, 0.6) is 17.2 Å². The molecule has 10 heteroatoms. The van der Waals surface area contributed by atoms with Gasteiger partial charge in [0.2, 0.25) is 5.75 Å². The monoisotopic (exact) mass is 442 g/mol. The van der Waals surface area contributed by atoms with Crippen LogP contribution < -0.4 is 19.5 Å². The summed E-state index contributed by atoms with van der Waals surface area (Å²) in [6, 6.07) is 4.73. The molecule has 0 unspecified atom stereocenters. The first kappa shape index (κ1) is 22.6.